The Morgan fingerprint density at radius 2 is 1.85 bits per heavy atom. The van der Waals surface area contributed by atoms with E-state index in [1.165, 1.54) is 6.07 Å². The molecule has 0 radical (unpaired) electrons. The average molecular weight is 377 g/mol. The number of benzene rings is 2. The number of morpholine rings is 1. The summed E-state index contributed by atoms with van der Waals surface area (Å²) in [7, 11) is 0. The van der Waals surface area contributed by atoms with Crippen LogP contribution in [0.3, 0.4) is 0 Å². The highest BCUT2D eigenvalue weighted by Crippen LogP contribution is 2.21. The summed E-state index contributed by atoms with van der Waals surface area (Å²) < 4.78 is 19.5. The zero-order chi connectivity index (χ0) is 18.7. The number of carbonyl (C=O) groups excluding carboxylic acids is 1. The molecular formula is C20H22ClFN2O2. The van der Waals surface area contributed by atoms with Crippen molar-refractivity contribution in [3.63, 3.8) is 0 Å². The lowest BCUT2D eigenvalue weighted by atomic mass is 10.1. The van der Waals surface area contributed by atoms with Gasteiger partial charge in [0.1, 0.15) is 5.82 Å². The third-order valence-corrected chi connectivity index (χ3v) is 4.72. The Balaban J connectivity index is 1.64. The second-order valence-corrected chi connectivity index (χ2v) is 7.01. The smallest absolute Gasteiger partial charge is 0.254 e. The van der Waals surface area contributed by atoms with Crippen LogP contribution >= 0.6 is 11.6 Å². The number of hydrogen-bond donors (Lipinski definition) is 1. The van der Waals surface area contributed by atoms with Crippen molar-refractivity contribution >= 4 is 23.2 Å². The number of carbonyl (C=O) groups is 1. The minimum Gasteiger partial charge on any atom is -0.381 e. The predicted molar refractivity (Wildman–Crippen MR) is 101 cm³/mol. The van der Waals surface area contributed by atoms with E-state index >= 15 is 0 Å². The SMILES string of the molecule is CC1CN(C(=O)c2ccc(NCc3c(F)cccc3Cl)cc2)CC(C)O1. The van der Waals surface area contributed by atoms with Gasteiger partial charge in [0, 0.05) is 41.5 Å². The fraction of sp³-hybridized carbons (Fsp3) is 0.350. The number of ether oxygens (including phenoxy) is 1. The highest BCUT2D eigenvalue weighted by molar-refractivity contribution is 6.31. The van der Waals surface area contributed by atoms with E-state index in [1.54, 1.807) is 24.3 Å². The van der Waals surface area contributed by atoms with Gasteiger partial charge in [-0.3, -0.25) is 4.79 Å². The van der Waals surface area contributed by atoms with Crippen molar-refractivity contribution in [1.29, 1.82) is 0 Å². The van der Waals surface area contributed by atoms with Crippen LogP contribution in [0.25, 0.3) is 0 Å². The second kappa shape index (κ2) is 8.06. The van der Waals surface area contributed by atoms with Crippen LogP contribution in [0.2, 0.25) is 5.02 Å². The summed E-state index contributed by atoms with van der Waals surface area (Å²) in [5.74, 6) is -0.344. The molecule has 26 heavy (non-hydrogen) atoms. The maximum absolute atomic E-state index is 13.8. The van der Waals surface area contributed by atoms with E-state index < -0.39 is 0 Å². The van der Waals surface area contributed by atoms with E-state index in [0.717, 1.165) is 5.69 Å². The second-order valence-electron chi connectivity index (χ2n) is 6.60. The van der Waals surface area contributed by atoms with Gasteiger partial charge in [0.25, 0.3) is 5.91 Å². The first kappa shape index (κ1) is 18.7. The minimum atomic E-state index is -0.340. The van der Waals surface area contributed by atoms with Crippen LogP contribution in [-0.4, -0.2) is 36.1 Å². The number of anilines is 1. The quantitative estimate of drug-likeness (QED) is 0.863. The van der Waals surface area contributed by atoms with Crippen molar-refractivity contribution in [2.45, 2.75) is 32.6 Å². The Morgan fingerprint density at radius 1 is 1.19 bits per heavy atom. The van der Waals surface area contributed by atoms with Crippen molar-refractivity contribution in [2.75, 3.05) is 18.4 Å². The zero-order valence-corrected chi connectivity index (χ0v) is 15.6. The van der Waals surface area contributed by atoms with Gasteiger partial charge >= 0.3 is 0 Å². The molecule has 2 aromatic rings. The molecule has 0 aliphatic carbocycles. The largest absolute Gasteiger partial charge is 0.381 e. The molecule has 0 bridgehead atoms. The number of halogens is 2. The molecule has 3 rings (SSSR count). The van der Waals surface area contributed by atoms with Crippen molar-refractivity contribution in [1.82, 2.24) is 4.90 Å². The molecule has 1 heterocycles. The first-order valence-corrected chi connectivity index (χ1v) is 9.03. The van der Waals surface area contributed by atoms with E-state index in [9.17, 15) is 9.18 Å². The molecule has 1 amide bonds. The van der Waals surface area contributed by atoms with Crippen LogP contribution in [0.4, 0.5) is 10.1 Å². The van der Waals surface area contributed by atoms with Gasteiger partial charge in [0.2, 0.25) is 0 Å². The summed E-state index contributed by atoms with van der Waals surface area (Å²) >= 11 is 6.03. The van der Waals surface area contributed by atoms with Gasteiger partial charge in [-0.1, -0.05) is 17.7 Å². The summed E-state index contributed by atoms with van der Waals surface area (Å²) in [6.07, 6.45) is 0.0725. The molecule has 2 unspecified atom stereocenters. The fourth-order valence-corrected chi connectivity index (χ4v) is 3.38. The molecule has 0 aromatic heterocycles. The van der Waals surface area contributed by atoms with E-state index in [4.69, 9.17) is 16.3 Å². The van der Waals surface area contributed by atoms with Crippen molar-refractivity contribution in [3.8, 4) is 0 Å². The number of nitrogens with one attached hydrogen (secondary N) is 1. The molecule has 1 N–H and O–H groups in total. The van der Waals surface area contributed by atoms with Crippen molar-refractivity contribution in [2.24, 2.45) is 0 Å². The van der Waals surface area contributed by atoms with Gasteiger partial charge in [0.15, 0.2) is 0 Å². The van der Waals surface area contributed by atoms with E-state index in [-0.39, 0.29) is 30.5 Å². The maximum atomic E-state index is 13.8. The van der Waals surface area contributed by atoms with E-state index in [0.29, 0.717) is 29.2 Å². The predicted octanol–water partition coefficient (Wildman–Crippen LogP) is 4.34. The van der Waals surface area contributed by atoms with Gasteiger partial charge in [-0.2, -0.15) is 0 Å². The minimum absolute atomic E-state index is 0.00398. The van der Waals surface area contributed by atoms with Gasteiger partial charge in [-0.25, -0.2) is 4.39 Å². The topological polar surface area (TPSA) is 41.6 Å². The van der Waals surface area contributed by atoms with Crippen LogP contribution in [0, 0.1) is 5.82 Å². The van der Waals surface area contributed by atoms with Crippen molar-refractivity contribution < 1.29 is 13.9 Å². The Labute approximate surface area is 157 Å². The Hall–Kier alpha value is -2.11. The third-order valence-electron chi connectivity index (χ3n) is 4.37. The molecule has 2 aromatic carbocycles. The summed E-state index contributed by atoms with van der Waals surface area (Å²) in [4.78, 5) is 14.5. The molecule has 6 heteroatoms. The molecule has 0 spiro atoms. The van der Waals surface area contributed by atoms with Gasteiger partial charge < -0.3 is 15.0 Å². The summed E-state index contributed by atoms with van der Waals surface area (Å²) in [5.41, 5.74) is 1.84. The number of amides is 1. The molecule has 4 nitrogen and oxygen atoms in total. The van der Waals surface area contributed by atoms with E-state index in [2.05, 4.69) is 5.32 Å². The lowest BCUT2D eigenvalue weighted by Crippen LogP contribution is -2.48. The van der Waals surface area contributed by atoms with Crippen LogP contribution in [0.1, 0.15) is 29.8 Å². The van der Waals surface area contributed by atoms with Crippen molar-refractivity contribution in [3.05, 3.63) is 64.4 Å². The molecular weight excluding hydrogens is 355 g/mol. The number of hydrogen-bond acceptors (Lipinski definition) is 3. The average Bonchev–Trinajstić information content (AvgIpc) is 2.60. The van der Waals surface area contributed by atoms with Crippen LogP contribution in [0.15, 0.2) is 42.5 Å². The summed E-state index contributed by atoms with van der Waals surface area (Å²) in [5, 5.41) is 3.52. The fourth-order valence-electron chi connectivity index (χ4n) is 3.15. The summed E-state index contributed by atoms with van der Waals surface area (Å²) in [6, 6.07) is 11.8. The molecule has 1 aliphatic rings. The highest BCUT2D eigenvalue weighted by Gasteiger charge is 2.26. The molecule has 1 saturated heterocycles. The Bertz CT molecular complexity index is 752. The summed E-state index contributed by atoms with van der Waals surface area (Å²) in [6.45, 7) is 5.40. The number of rotatable bonds is 4. The van der Waals surface area contributed by atoms with Gasteiger partial charge in [-0.05, 0) is 50.2 Å². The maximum Gasteiger partial charge on any atom is 0.254 e. The van der Waals surface area contributed by atoms with Crippen LogP contribution in [-0.2, 0) is 11.3 Å². The normalized spacial score (nSPS) is 20.1. The third kappa shape index (κ3) is 4.34. The van der Waals surface area contributed by atoms with Gasteiger partial charge in [-0.15, -0.1) is 0 Å². The highest BCUT2D eigenvalue weighted by atomic mass is 35.5. The molecule has 2 atom stereocenters. The molecule has 1 fully saturated rings. The lowest BCUT2D eigenvalue weighted by molar-refractivity contribution is -0.0586. The molecule has 1 aliphatic heterocycles. The number of nitrogens with zero attached hydrogens (tertiary/aromatic N) is 1. The Morgan fingerprint density at radius 3 is 2.46 bits per heavy atom. The van der Waals surface area contributed by atoms with E-state index in [1.807, 2.05) is 30.9 Å². The molecule has 138 valence electrons. The first-order chi connectivity index (χ1) is 12.4. The first-order valence-electron chi connectivity index (χ1n) is 8.65. The standard InChI is InChI=1S/C20H22ClFN2O2/c1-13-11-24(12-14(2)26-13)20(25)15-6-8-16(9-7-15)23-10-17-18(21)4-3-5-19(17)22/h3-9,13-14,23H,10-12H2,1-2H3. The lowest BCUT2D eigenvalue weighted by Gasteiger charge is -2.35. The molecule has 0 saturated carbocycles. The monoisotopic (exact) mass is 376 g/mol. The zero-order valence-electron chi connectivity index (χ0n) is 14.8. The van der Waals surface area contributed by atoms with Gasteiger partial charge in [0.05, 0.1) is 12.2 Å². The Kier molecular flexibility index (Phi) is 5.79. The van der Waals surface area contributed by atoms with Crippen LogP contribution in [0.5, 0.6) is 0 Å². The van der Waals surface area contributed by atoms with Crippen LogP contribution < -0.4 is 5.32 Å².